The van der Waals surface area contributed by atoms with Crippen LogP contribution >= 0.6 is 0 Å². The van der Waals surface area contributed by atoms with Crippen molar-refractivity contribution in [3.8, 4) is 11.6 Å². The fourth-order valence-electron chi connectivity index (χ4n) is 6.43. The molecule has 16 heteroatoms. The smallest absolute Gasteiger partial charge is 0.322 e. The van der Waals surface area contributed by atoms with Crippen molar-refractivity contribution in [1.82, 2.24) is 19.1 Å². The molecule has 282 valence electrons. The number of pyridine rings is 1. The van der Waals surface area contributed by atoms with Crippen LogP contribution in [-0.2, 0) is 16.6 Å². The van der Waals surface area contributed by atoms with Gasteiger partial charge < -0.3 is 20.7 Å². The van der Waals surface area contributed by atoms with Crippen molar-refractivity contribution in [3.63, 3.8) is 0 Å². The number of hydrogen-bond acceptors (Lipinski definition) is 7. The van der Waals surface area contributed by atoms with Crippen LogP contribution in [0.2, 0.25) is 0 Å². The van der Waals surface area contributed by atoms with Crippen LogP contribution in [0.15, 0.2) is 53.4 Å². The largest absolute Gasteiger partial charge is 0.439 e. The molecule has 3 N–H and O–H groups in total. The van der Waals surface area contributed by atoms with E-state index in [0.29, 0.717) is 56.7 Å². The number of alkyl halides is 2. The van der Waals surface area contributed by atoms with E-state index in [2.05, 4.69) is 22.1 Å². The van der Waals surface area contributed by atoms with Gasteiger partial charge in [0, 0.05) is 76.0 Å². The molecular formula is C36H44F4N6O5S. The molecule has 5 rings (SSSR count). The number of carbonyl (C=O) groups excluding carboxylic acids is 2. The summed E-state index contributed by atoms with van der Waals surface area (Å²) in [5, 5.41) is 2.52. The highest BCUT2D eigenvalue weighted by Crippen LogP contribution is 2.32. The highest BCUT2D eigenvalue weighted by molar-refractivity contribution is 7.89. The SMILES string of the molecule is CCCCCN(C(=O)Nc1cc(C(N)=O)c(F)cc1F)C1CCN(Cc2ccc(Oc3ccc(S(=O)(=O)N4CCC(F)(F)CC4)cc3)nc2C)CC1. The van der Waals surface area contributed by atoms with Gasteiger partial charge in [-0.15, -0.1) is 0 Å². The number of hydrogen-bond donors (Lipinski definition) is 2. The van der Waals surface area contributed by atoms with Gasteiger partial charge in [0.25, 0.3) is 11.8 Å². The third kappa shape index (κ3) is 9.58. The number of carbonyl (C=O) groups is 2. The van der Waals surface area contributed by atoms with Gasteiger partial charge in [0.2, 0.25) is 15.9 Å². The number of amides is 3. The summed E-state index contributed by atoms with van der Waals surface area (Å²) in [6.07, 6.45) is 2.94. The quantitative estimate of drug-likeness (QED) is 0.147. The van der Waals surface area contributed by atoms with E-state index in [1.807, 2.05) is 13.0 Å². The van der Waals surface area contributed by atoms with Crippen LogP contribution in [0.1, 0.15) is 73.5 Å². The molecule has 2 aliphatic rings. The number of nitrogens with two attached hydrogens (primary N) is 1. The van der Waals surface area contributed by atoms with Gasteiger partial charge in [-0.3, -0.25) is 9.69 Å². The lowest BCUT2D eigenvalue weighted by molar-refractivity contribution is -0.0412. The summed E-state index contributed by atoms with van der Waals surface area (Å²) in [4.78, 5) is 33.5. The molecule has 2 saturated heterocycles. The predicted octanol–water partition coefficient (Wildman–Crippen LogP) is 6.67. The number of sulfonamides is 1. The van der Waals surface area contributed by atoms with Crippen molar-refractivity contribution in [1.29, 1.82) is 0 Å². The topological polar surface area (TPSA) is 138 Å². The number of nitrogens with zero attached hydrogens (tertiary/aromatic N) is 4. The van der Waals surface area contributed by atoms with E-state index < -0.39 is 57.9 Å². The number of anilines is 1. The number of halogens is 4. The van der Waals surface area contributed by atoms with E-state index in [1.165, 1.54) is 24.3 Å². The van der Waals surface area contributed by atoms with Crippen LogP contribution in [0.25, 0.3) is 0 Å². The predicted molar refractivity (Wildman–Crippen MR) is 187 cm³/mol. The highest BCUT2D eigenvalue weighted by Gasteiger charge is 2.38. The van der Waals surface area contributed by atoms with Crippen molar-refractivity contribution in [2.24, 2.45) is 5.73 Å². The number of piperidine rings is 2. The van der Waals surface area contributed by atoms with Gasteiger partial charge in [0.05, 0.1) is 16.1 Å². The third-order valence-electron chi connectivity index (χ3n) is 9.53. The summed E-state index contributed by atoms with van der Waals surface area (Å²) in [5.41, 5.74) is 6.11. The number of likely N-dealkylation sites (tertiary alicyclic amines) is 1. The van der Waals surface area contributed by atoms with E-state index in [0.717, 1.165) is 40.9 Å². The molecule has 0 saturated carbocycles. The van der Waals surface area contributed by atoms with Gasteiger partial charge in [-0.05, 0) is 62.1 Å². The lowest BCUT2D eigenvalue weighted by Crippen LogP contribution is -2.49. The number of benzene rings is 2. The van der Waals surface area contributed by atoms with Crippen molar-refractivity contribution in [3.05, 3.63) is 77.0 Å². The fraction of sp³-hybridized carbons (Fsp3) is 0.472. The van der Waals surface area contributed by atoms with Gasteiger partial charge in [-0.2, -0.15) is 4.31 Å². The first-order chi connectivity index (χ1) is 24.7. The number of aryl methyl sites for hydroxylation is 1. The first-order valence-electron chi connectivity index (χ1n) is 17.4. The molecule has 3 aromatic rings. The van der Waals surface area contributed by atoms with Crippen LogP contribution < -0.4 is 15.8 Å². The molecule has 2 aliphatic heterocycles. The van der Waals surface area contributed by atoms with Gasteiger partial charge in [0.15, 0.2) is 0 Å². The second kappa shape index (κ2) is 16.6. The number of unbranched alkanes of at least 4 members (excludes halogenated alkanes) is 2. The Morgan fingerprint density at radius 1 is 1.00 bits per heavy atom. The molecule has 11 nitrogen and oxygen atoms in total. The third-order valence-corrected chi connectivity index (χ3v) is 11.4. The molecule has 0 atom stereocenters. The minimum Gasteiger partial charge on any atom is -0.439 e. The van der Waals surface area contributed by atoms with Crippen LogP contribution in [0.4, 0.5) is 28.0 Å². The highest BCUT2D eigenvalue weighted by atomic mass is 32.2. The van der Waals surface area contributed by atoms with Crippen LogP contribution in [0.5, 0.6) is 11.6 Å². The summed E-state index contributed by atoms with van der Waals surface area (Å²) in [5.74, 6) is -5.33. The molecule has 3 heterocycles. The van der Waals surface area contributed by atoms with Crippen LogP contribution in [0, 0.1) is 18.6 Å². The summed E-state index contributed by atoms with van der Waals surface area (Å²) < 4.78 is 88.4. The minimum atomic E-state index is -3.90. The minimum absolute atomic E-state index is 0.00129. The monoisotopic (exact) mass is 748 g/mol. The molecule has 2 fully saturated rings. The lowest BCUT2D eigenvalue weighted by Gasteiger charge is -2.38. The number of rotatable bonds is 13. The molecule has 0 bridgehead atoms. The Labute approximate surface area is 301 Å². The number of urea groups is 1. The standard InChI is InChI=1S/C36H44F4N6O5S/c1-3-4-5-16-46(35(48)43-32-21-29(34(41)47)30(37)22-31(32)38)26-12-17-44(18-13-26)23-25-6-11-33(42-24(25)2)51-27-7-9-28(10-8-27)52(49,50)45-19-14-36(39,40)15-20-45/h6-11,21-22,26H,3-5,12-20,23H2,1-2H3,(H2,41,47)(H,43,48). The van der Waals surface area contributed by atoms with E-state index in [9.17, 15) is 35.6 Å². The Hall–Kier alpha value is -4.28. The molecule has 52 heavy (non-hydrogen) atoms. The molecule has 2 aromatic carbocycles. The molecule has 0 spiro atoms. The second-order valence-electron chi connectivity index (χ2n) is 13.2. The number of ether oxygens (including phenoxy) is 1. The van der Waals surface area contributed by atoms with Crippen LogP contribution in [-0.4, -0.2) is 84.1 Å². The van der Waals surface area contributed by atoms with E-state index in [1.54, 1.807) is 11.0 Å². The Bertz CT molecular complexity index is 1850. The molecule has 1 aromatic heterocycles. The zero-order valence-corrected chi connectivity index (χ0v) is 30.0. The maximum absolute atomic E-state index is 14.5. The maximum atomic E-state index is 14.5. The average Bonchev–Trinajstić information content (AvgIpc) is 3.09. The zero-order valence-electron chi connectivity index (χ0n) is 29.2. The van der Waals surface area contributed by atoms with Crippen LogP contribution in [0.3, 0.4) is 0 Å². The second-order valence-corrected chi connectivity index (χ2v) is 15.2. The van der Waals surface area contributed by atoms with Crippen molar-refractivity contribution in [2.45, 2.75) is 82.2 Å². The van der Waals surface area contributed by atoms with Gasteiger partial charge in [0.1, 0.15) is 17.4 Å². The van der Waals surface area contributed by atoms with Crippen molar-refractivity contribution >= 4 is 27.6 Å². The summed E-state index contributed by atoms with van der Waals surface area (Å²) in [7, 11) is -3.90. The average molecular weight is 749 g/mol. The maximum Gasteiger partial charge on any atom is 0.322 e. The number of primary amides is 1. The van der Waals surface area contributed by atoms with Gasteiger partial charge >= 0.3 is 6.03 Å². The van der Waals surface area contributed by atoms with Gasteiger partial charge in [-0.1, -0.05) is 25.8 Å². The van der Waals surface area contributed by atoms with E-state index in [4.69, 9.17) is 10.5 Å². The Morgan fingerprint density at radius 3 is 2.29 bits per heavy atom. The van der Waals surface area contributed by atoms with Crippen molar-refractivity contribution < 1.29 is 40.3 Å². The molecule has 0 unspecified atom stereocenters. The Morgan fingerprint density at radius 2 is 1.67 bits per heavy atom. The first kappa shape index (κ1) is 38.9. The number of aromatic nitrogens is 1. The Balaban J connectivity index is 1.16. The first-order valence-corrected chi connectivity index (χ1v) is 18.8. The normalized spacial score (nSPS) is 17.1. The molecular weight excluding hydrogens is 704 g/mol. The molecule has 0 radical (unpaired) electrons. The summed E-state index contributed by atoms with van der Waals surface area (Å²) >= 11 is 0. The number of nitrogens with one attached hydrogen (secondary N) is 1. The van der Waals surface area contributed by atoms with Crippen molar-refractivity contribution in [2.75, 3.05) is 38.0 Å². The fourth-order valence-corrected chi connectivity index (χ4v) is 7.87. The van der Waals surface area contributed by atoms with E-state index >= 15 is 0 Å². The van der Waals surface area contributed by atoms with Gasteiger partial charge in [-0.25, -0.2) is 35.8 Å². The van der Waals surface area contributed by atoms with E-state index in [-0.39, 0.29) is 29.7 Å². The Kier molecular flexibility index (Phi) is 12.4. The zero-order chi connectivity index (χ0) is 37.6. The molecule has 3 amide bonds. The lowest BCUT2D eigenvalue weighted by atomic mass is 10.0. The summed E-state index contributed by atoms with van der Waals surface area (Å²) in [6.45, 7) is 5.88. The summed E-state index contributed by atoms with van der Waals surface area (Å²) in [6, 6.07) is 10.2. The molecule has 0 aliphatic carbocycles.